The van der Waals surface area contributed by atoms with Crippen molar-refractivity contribution in [2.24, 2.45) is 10.1 Å². The minimum Gasteiger partial charge on any atom is -0.326 e. The third-order valence-electron chi connectivity index (χ3n) is 5.77. The maximum atomic E-state index is 13.5. The average Bonchev–Trinajstić information content (AvgIpc) is 3.46. The van der Waals surface area contributed by atoms with E-state index >= 15 is 0 Å². The molecule has 0 unspecified atom stereocenters. The number of benzene rings is 3. The number of amides is 2. The minimum absolute atomic E-state index is 0.0866. The number of nitrogens with zero attached hydrogens (tertiary/aromatic N) is 3. The van der Waals surface area contributed by atoms with Crippen molar-refractivity contribution in [1.29, 1.82) is 0 Å². The van der Waals surface area contributed by atoms with Crippen LogP contribution in [0.3, 0.4) is 0 Å². The van der Waals surface area contributed by atoms with E-state index in [1.807, 2.05) is 30.3 Å². The van der Waals surface area contributed by atoms with E-state index in [1.54, 1.807) is 17.1 Å². The van der Waals surface area contributed by atoms with Crippen LogP contribution in [-0.2, 0) is 9.59 Å². The van der Waals surface area contributed by atoms with Gasteiger partial charge in [-0.15, -0.1) is 0 Å². The number of thioether (sulfide) groups is 1. The molecule has 3 aromatic carbocycles. The van der Waals surface area contributed by atoms with Gasteiger partial charge in [-0.3, -0.25) is 9.59 Å². The first-order valence-electron chi connectivity index (χ1n) is 11.1. The van der Waals surface area contributed by atoms with Gasteiger partial charge in [0.05, 0.1) is 11.8 Å². The summed E-state index contributed by atoms with van der Waals surface area (Å²) in [5.74, 6) is -3.49. The average molecular weight is 509 g/mol. The fourth-order valence-corrected chi connectivity index (χ4v) is 5.06. The SMILES string of the molecule is O=C(C[C@H]1SC(N2N=C(c3ccccc3)C[C@H]2c2ccc(F)cc2)=NC1=O)Nc1ccc(F)c(F)c1. The van der Waals surface area contributed by atoms with Crippen molar-refractivity contribution < 1.29 is 22.8 Å². The van der Waals surface area contributed by atoms with E-state index in [9.17, 15) is 22.8 Å². The number of hydrogen-bond acceptors (Lipinski definition) is 5. The fourth-order valence-electron chi connectivity index (χ4n) is 4.00. The summed E-state index contributed by atoms with van der Waals surface area (Å²) < 4.78 is 40.1. The highest BCUT2D eigenvalue weighted by molar-refractivity contribution is 8.15. The zero-order valence-electron chi connectivity index (χ0n) is 18.7. The van der Waals surface area contributed by atoms with Crippen molar-refractivity contribution in [3.8, 4) is 0 Å². The molecule has 36 heavy (non-hydrogen) atoms. The quantitative estimate of drug-likeness (QED) is 0.509. The van der Waals surface area contributed by atoms with Crippen LogP contribution in [0.5, 0.6) is 0 Å². The number of carbonyl (C=O) groups excluding carboxylic acids is 2. The Hall–Kier alpha value is -3.92. The lowest BCUT2D eigenvalue weighted by atomic mass is 9.99. The first-order chi connectivity index (χ1) is 17.4. The molecule has 0 fully saturated rings. The molecule has 182 valence electrons. The molecule has 3 aromatic rings. The van der Waals surface area contributed by atoms with E-state index in [0.29, 0.717) is 11.6 Å². The van der Waals surface area contributed by atoms with Crippen molar-refractivity contribution in [2.45, 2.75) is 24.1 Å². The summed E-state index contributed by atoms with van der Waals surface area (Å²) >= 11 is 1.11. The minimum atomic E-state index is -1.09. The van der Waals surface area contributed by atoms with E-state index in [4.69, 9.17) is 5.10 Å². The Morgan fingerprint density at radius 1 is 1.00 bits per heavy atom. The van der Waals surface area contributed by atoms with Crippen molar-refractivity contribution >= 4 is 40.1 Å². The Morgan fingerprint density at radius 3 is 2.47 bits per heavy atom. The molecule has 1 N–H and O–H groups in total. The number of amidine groups is 1. The van der Waals surface area contributed by atoms with Crippen LogP contribution in [0.4, 0.5) is 18.9 Å². The van der Waals surface area contributed by atoms with E-state index in [0.717, 1.165) is 40.7 Å². The summed E-state index contributed by atoms with van der Waals surface area (Å²) in [6, 6.07) is 18.4. The van der Waals surface area contributed by atoms with Crippen molar-refractivity contribution in [1.82, 2.24) is 5.01 Å². The van der Waals surface area contributed by atoms with Gasteiger partial charge in [0.15, 0.2) is 16.8 Å². The Labute approximate surface area is 208 Å². The van der Waals surface area contributed by atoms with Gasteiger partial charge in [-0.05, 0) is 35.4 Å². The van der Waals surface area contributed by atoms with E-state index in [2.05, 4.69) is 10.3 Å². The molecule has 5 rings (SSSR count). The number of rotatable bonds is 5. The molecular weight excluding hydrogens is 489 g/mol. The maximum absolute atomic E-state index is 13.5. The van der Waals surface area contributed by atoms with Crippen LogP contribution in [0.25, 0.3) is 0 Å². The van der Waals surface area contributed by atoms with Gasteiger partial charge in [-0.1, -0.05) is 54.2 Å². The summed E-state index contributed by atoms with van der Waals surface area (Å²) in [4.78, 5) is 29.3. The van der Waals surface area contributed by atoms with E-state index < -0.39 is 28.7 Å². The number of halogens is 3. The highest BCUT2D eigenvalue weighted by Crippen LogP contribution is 2.38. The van der Waals surface area contributed by atoms with E-state index in [1.165, 1.54) is 18.2 Å². The molecule has 10 heteroatoms. The lowest BCUT2D eigenvalue weighted by Crippen LogP contribution is -2.25. The van der Waals surface area contributed by atoms with Gasteiger partial charge in [0.1, 0.15) is 11.1 Å². The van der Waals surface area contributed by atoms with Crippen LogP contribution in [0.2, 0.25) is 0 Å². The summed E-state index contributed by atoms with van der Waals surface area (Å²) in [7, 11) is 0. The predicted molar refractivity (Wildman–Crippen MR) is 132 cm³/mol. The molecule has 0 bridgehead atoms. The van der Waals surface area contributed by atoms with Gasteiger partial charge in [0.2, 0.25) is 5.91 Å². The molecule has 0 spiro atoms. The van der Waals surface area contributed by atoms with Gasteiger partial charge in [0, 0.05) is 24.6 Å². The smallest absolute Gasteiger partial charge is 0.262 e. The molecule has 0 aliphatic carbocycles. The fraction of sp³-hybridized carbons (Fsp3) is 0.154. The molecule has 0 aromatic heterocycles. The third kappa shape index (κ3) is 5.03. The first-order valence-corrected chi connectivity index (χ1v) is 12.0. The summed E-state index contributed by atoms with van der Waals surface area (Å²) in [5, 5.41) is 8.39. The Balaban J connectivity index is 1.33. The van der Waals surface area contributed by atoms with Crippen LogP contribution in [-0.4, -0.2) is 33.0 Å². The molecule has 6 nitrogen and oxygen atoms in total. The number of hydrazone groups is 1. The summed E-state index contributed by atoms with van der Waals surface area (Å²) in [5.41, 5.74) is 2.61. The molecule has 0 saturated heterocycles. The first kappa shape index (κ1) is 23.8. The van der Waals surface area contributed by atoms with Crippen LogP contribution < -0.4 is 5.32 Å². The zero-order valence-corrected chi connectivity index (χ0v) is 19.5. The van der Waals surface area contributed by atoms with Crippen molar-refractivity contribution in [2.75, 3.05) is 5.32 Å². The second kappa shape index (κ2) is 9.98. The number of anilines is 1. The normalized spacial score (nSPS) is 19.3. The van der Waals surface area contributed by atoms with Gasteiger partial charge in [-0.25, -0.2) is 18.2 Å². The van der Waals surface area contributed by atoms with E-state index in [-0.39, 0.29) is 24.0 Å². The molecule has 2 atom stereocenters. The van der Waals surface area contributed by atoms with Gasteiger partial charge < -0.3 is 5.32 Å². The standard InChI is InChI=1S/C26H19F3N4O2S/c27-17-8-6-16(7-9-17)22-13-21(15-4-2-1-3-5-15)32-33(22)26-31-25(35)23(36-26)14-24(34)30-18-10-11-19(28)20(29)12-18/h1-12,22-23H,13-14H2,(H,30,34)/t22-,23+/m0/s1. The molecule has 2 amide bonds. The van der Waals surface area contributed by atoms with Crippen LogP contribution in [0.15, 0.2) is 82.9 Å². The highest BCUT2D eigenvalue weighted by atomic mass is 32.2. The van der Waals surface area contributed by atoms with Gasteiger partial charge in [-0.2, -0.15) is 10.1 Å². The van der Waals surface area contributed by atoms with Crippen LogP contribution in [0, 0.1) is 17.5 Å². The molecule has 2 heterocycles. The third-order valence-corrected chi connectivity index (χ3v) is 6.91. The molecular formula is C26H19F3N4O2S. The Bertz CT molecular complexity index is 1380. The van der Waals surface area contributed by atoms with Crippen LogP contribution >= 0.6 is 11.8 Å². The number of hydrogen-bond donors (Lipinski definition) is 1. The molecule has 2 aliphatic rings. The van der Waals surface area contributed by atoms with Crippen LogP contribution in [0.1, 0.15) is 30.0 Å². The largest absolute Gasteiger partial charge is 0.326 e. The van der Waals surface area contributed by atoms with Gasteiger partial charge in [0.25, 0.3) is 5.91 Å². The second-order valence-corrected chi connectivity index (χ2v) is 9.42. The van der Waals surface area contributed by atoms with Gasteiger partial charge >= 0.3 is 0 Å². The molecule has 0 saturated carbocycles. The zero-order chi connectivity index (χ0) is 25.2. The summed E-state index contributed by atoms with van der Waals surface area (Å²) in [6.07, 6.45) is 0.310. The molecule has 0 radical (unpaired) electrons. The number of aliphatic imine (C=N–C) groups is 1. The molecule has 2 aliphatic heterocycles. The van der Waals surface area contributed by atoms with Crippen molar-refractivity contribution in [3.05, 3.63) is 101 Å². The second-order valence-electron chi connectivity index (χ2n) is 8.25. The monoisotopic (exact) mass is 508 g/mol. The topological polar surface area (TPSA) is 74.1 Å². The summed E-state index contributed by atoms with van der Waals surface area (Å²) in [6.45, 7) is 0. The maximum Gasteiger partial charge on any atom is 0.262 e. The Kier molecular flexibility index (Phi) is 6.60. The number of carbonyl (C=O) groups is 2. The lowest BCUT2D eigenvalue weighted by molar-refractivity contribution is -0.121. The van der Waals surface area contributed by atoms with Crippen molar-refractivity contribution in [3.63, 3.8) is 0 Å². The predicted octanol–water partition coefficient (Wildman–Crippen LogP) is 5.28. The lowest BCUT2D eigenvalue weighted by Gasteiger charge is -2.23. The highest BCUT2D eigenvalue weighted by Gasteiger charge is 2.39. The number of nitrogens with one attached hydrogen (secondary N) is 1. The Morgan fingerprint density at radius 2 is 1.75 bits per heavy atom.